The summed E-state index contributed by atoms with van der Waals surface area (Å²) >= 11 is 0. The molecule has 0 saturated carbocycles. The summed E-state index contributed by atoms with van der Waals surface area (Å²) in [5.74, 6) is 0. The molecule has 1 atom stereocenters. The van der Waals surface area contributed by atoms with E-state index in [1.165, 1.54) is 12.1 Å². The molecular weight excluding hydrogens is 316 g/mol. The van der Waals surface area contributed by atoms with Gasteiger partial charge in [-0.15, -0.1) is 0 Å². The number of fused-ring (bicyclic) bond motifs is 3. The largest absolute Gasteiger partial charge is 0.416 e. The van der Waals surface area contributed by atoms with E-state index in [1.807, 2.05) is 54.6 Å². The molecule has 1 heterocycles. The maximum absolute atomic E-state index is 13.1. The Labute approximate surface area is 132 Å². The zero-order chi connectivity index (χ0) is 16.0. The molecule has 0 nitrogen and oxygen atoms in total. The molecule has 0 N–H and O–H groups in total. The molecule has 1 unspecified atom stereocenters. The van der Waals surface area contributed by atoms with Gasteiger partial charge in [-0.05, 0) is 28.2 Å². The first-order valence-corrected chi connectivity index (χ1v) is 8.56. The normalized spacial score (nSPS) is 12.9. The number of alkyl halides is 3. The summed E-state index contributed by atoms with van der Waals surface area (Å²) in [6, 6.07) is 21.8. The van der Waals surface area contributed by atoms with Gasteiger partial charge in [-0.25, -0.2) is 0 Å². The third-order valence-corrected chi connectivity index (χ3v) is 6.55. The Bertz CT molecular complexity index is 998. The molecule has 0 saturated heterocycles. The van der Waals surface area contributed by atoms with Gasteiger partial charge in [0.25, 0.3) is 0 Å². The molecule has 0 amide bonds. The van der Waals surface area contributed by atoms with E-state index in [1.54, 1.807) is 6.07 Å². The first-order valence-electron chi connectivity index (χ1n) is 7.21. The summed E-state index contributed by atoms with van der Waals surface area (Å²) < 4.78 is 39.4. The maximum atomic E-state index is 13.1. The number of benzene rings is 3. The van der Waals surface area contributed by atoms with Crippen molar-refractivity contribution in [2.75, 3.05) is 0 Å². The monoisotopic (exact) mass is 328 g/mol. The van der Waals surface area contributed by atoms with E-state index in [2.05, 4.69) is 0 Å². The summed E-state index contributed by atoms with van der Waals surface area (Å²) in [4.78, 5) is 0. The Hall–Kier alpha value is -2.25. The number of hydrogen-bond acceptors (Lipinski definition) is 0. The van der Waals surface area contributed by atoms with E-state index in [0.717, 1.165) is 26.3 Å². The Balaban J connectivity index is 2.15. The average Bonchev–Trinajstić information content (AvgIpc) is 2.88. The predicted octanol–water partition coefficient (Wildman–Crippen LogP) is 6.99. The van der Waals surface area contributed by atoms with Crippen LogP contribution in [0.5, 0.6) is 0 Å². The van der Waals surface area contributed by atoms with Gasteiger partial charge in [-0.2, -0.15) is 13.2 Å². The lowest BCUT2D eigenvalue weighted by Crippen LogP contribution is -2.03. The van der Waals surface area contributed by atoms with Crippen molar-refractivity contribution in [3.05, 3.63) is 78.4 Å². The standard InChI is InChI=1S/C19H12F3P/c20-19(21,22)13-10-11-16-15-8-4-5-9-17(15)23(18(16)12-13)14-6-2-1-3-7-14/h1-12H. The third-order valence-electron chi connectivity index (χ3n) is 4.02. The molecule has 0 radical (unpaired) electrons. The lowest BCUT2D eigenvalue weighted by molar-refractivity contribution is -0.137. The quantitative estimate of drug-likeness (QED) is 0.353. The second-order valence-corrected chi connectivity index (χ2v) is 7.57. The highest BCUT2D eigenvalue weighted by atomic mass is 31.1. The first kappa shape index (κ1) is 14.3. The molecule has 1 aromatic heterocycles. The Kier molecular flexibility index (Phi) is 3.21. The van der Waals surface area contributed by atoms with Crippen LogP contribution < -0.4 is 0 Å². The first-order chi connectivity index (χ1) is 11.1. The molecule has 4 aromatic rings. The van der Waals surface area contributed by atoms with Crippen LogP contribution in [0.2, 0.25) is 0 Å². The minimum Gasteiger partial charge on any atom is -0.166 e. The fourth-order valence-corrected chi connectivity index (χ4v) is 5.66. The molecule has 0 aliphatic heterocycles. The minimum absolute atomic E-state index is 0.576. The smallest absolute Gasteiger partial charge is 0.166 e. The lowest BCUT2D eigenvalue weighted by Gasteiger charge is -2.08. The number of halogens is 3. The van der Waals surface area contributed by atoms with Gasteiger partial charge in [0.05, 0.1) is 5.56 Å². The summed E-state index contributed by atoms with van der Waals surface area (Å²) in [6.45, 7) is 0. The van der Waals surface area contributed by atoms with Crippen LogP contribution in [0.25, 0.3) is 26.3 Å². The fraction of sp³-hybridized carbons (Fsp3) is 0.0526. The van der Waals surface area contributed by atoms with E-state index in [4.69, 9.17) is 0 Å². The third kappa shape index (κ3) is 2.32. The van der Waals surface area contributed by atoms with Gasteiger partial charge >= 0.3 is 6.18 Å². The predicted molar refractivity (Wildman–Crippen MR) is 90.5 cm³/mol. The Morgan fingerprint density at radius 2 is 1.30 bits per heavy atom. The van der Waals surface area contributed by atoms with Crippen molar-refractivity contribution in [3.8, 4) is 5.30 Å². The molecule has 0 spiro atoms. The topological polar surface area (TPSA) is 0 Å². The average molecular weight is 328 g/mol. The minimum atomic E-state index is -4.32. The molecule has 114 valence electrons. The van der Waals surface area contributed by atoms with Crippen LogP contribution >= 0.6 is 7.53 Å². The summed E-state index contributed by atoms with van der Waals surface area (Å²) in [5.41, 5.74) is -0.576. The molecule has 0 fully saturated rings. The molecular formula is C19H12F3P. The zero-order valence-corrected chi connectivity index (χ0v) is 12.9. The van der Waals surface area contributed by atoms with Crippen LogP contribution in [-0.2, 0) is 6.18 Å². The highest BCUT2D eigenvalue weighted by Gasteiger charge is 2.31. The molecule has 4 heteroatoms. The zero-order valence-electron chi connectivity index (χ0n) is 12.0. The second-order valence-electron chi connectivity index (χ2n) is 5.42. The molecule has 0 bridgehead atoms. The molecule has 3 aromatic carbocycles. The second kappa shape index (κ2) is 5.14. The van der Waals surface area contributed by atoms with Gasteiger partial charge < -0.3 is 0 Å². The number of rotatable bonds is 1. The van der Waals surface area contributed by atoms with Gasteiger partial charge in [-0.3, -0.25) is 0 Å². The van der Waals surface area contributed by atoms with Crippen molar-refractivity contribution < 1.29 is 13.2 Å². The molecule has 0 aliphatic rings. The maximum Gasteiger partial charge on any atom is 0.416 e. The van der Waals surface area contributed by atoms with Gasteiger partial charge in [0, 0.05) is 10.2 Å². The van der Waals surface area contributed by atoms with Gasteiger partial charge in [0.1, 0.15) is 0 Å². The summed E-state index contributed by atoms with van der Waals surface area (Å²) in [6.07, 6.45) is -4.32. The lowest BCUT2D eigenvalue weighted by atomic mass is 10.1. The van der Waals surface area contributed by atoms with Crippen LogP contribution in [0.15, 0.2) is 72.8 Å². The highest BCUT2D eigenvalue weighted by molar-refractivity contribution is 7.67. The van der Waals surface area contributed by atoms with Gasteiger partial charge in [0.15, 0.2) is 0 Å². The van der Waals surface area contributed by atoms with Crippen LogP contribution in [0.3, 0.4) is 0 Å². The van der Waals surface area contributed by atoms with Crippen molar-refractivity contribution in [1.29, 1.82) is 0 Å². The van der Waals surface area contributed by atoms with Crippen molar-refractivity contribution in [2.45, 2.75) is 6.18 Å². The van der Waals surface area contributed by atoms with Crippen molar-refractivity contribution in [3.63, 3.8) is 0 Å². The van der Waals surface area contributed by atoms with E-state index in [9.17, 15) is 13.2 Å². The van der Waals surface area contributed by atoms with E-state index in [-0.39, 0.29) is 0 Å². The number of hydrogen-bond donors (Lipinski definition) is 0. The summed E-state index contributed by atoms with van der Waals surface area (Å²) in [7, 11) is -0.935. The Morgan fingerprint density at radius 3 is 2.04 bits per heavy atom. The van der Waals surface area contributed by atoms with Crippen molar-refractivity contribution in [2.24, 2.45) is 0 Å². The van der Waals surface area contributed by atoms with Crippen LogP contribution in [-0.4, -0.2) is 0 Å². The highest BCUT2D eigenvalue weighted by Crippen LogP contribution is 2.55. The van der Waals surface area contributed by atoms with Gasteiger partial charge in [-0.1, -0.05) is 68.2 Å². The van der Waals surface area contributed by atoms with Crippen molar-refractivity contribution >= 4 is 28.5 Å². The van der Waals surface area contributed by atoms with Gasteiger partial charge in [0.2, 0.25) is 0 Å². The van der Waals surface area contributed by atoms with Crippen molar-refractivity contribution in [1.82, 2.24) is 0 Å². The summed E-state index contributed by atoms with van der Waals surface area (Å²) in [5, 5.41) is 4.97. The SMILES string of the molecule is FC(F)(F)c1ccc2c3ccccc3p(-c3ccccc3)c2c1. The van der Waals surface area contributed by atoms with Crippen LogP contribution in [0, 0.1) is 0 Å². The Morgan fingerprint density at radius 1 is 0.652 bits per heavy atom. The van der Waals surface area contributed by atoms with Crippen LogP contribution in [0.1, 0.15) is 5.56 Å². The van der Waals surface area contributed by atoms with E-state index >= 15 is 0 Å². The molecule has 4 rings (SSSR count). The molecule has 0 aliphatic carbocycles. The van der Waals surface area contributed by atoms with E-state index < -0.39 is 19.3 Å². The molecule has 23 heavy (non-hydrogen) atoms. The van der Waals surface area contributed by atoms with Crippen LogP contribution in [0.4, 0.5) is 13.2 Å². The van der Waals surface area contributed by atoms with E-state index in [0.29, 0.717) is 0 Å². The fourth-order valence-electron chi connectivity index (χ4n) is 3.00.